The van der Waals surface area contributed by atoms with Gasteiger partial charge in [-0.1, -0.05) is 32.9 Å². The molecule has 0 unspecified atom stereocenters. The zero-order valence-corrected chi connectivity index (χ0v) is 17.1. The van der Waals surface area contributed by atoms with Crippen LogP contribution in [-0.4, -0.2) is 31.4 Å². The molecule has 6 nitrogen and oxygen atoms in total. The van der Waals surface area contributed by atoms with Gasteiger partial charge in [-0.25, -0.2) is 4.79 Å². The molecule has 0 saturated carbocycles. The van der Waals surface area contributed by atoms with Crippen LogP contribution in [0.3, 0.4) is 0 Å². The number of carboxylic acids is 1. The molecule has 0 saturated heterocycles. The molecule has 0 fully saturated rings. The average Bonchev–Trinajstić information content (AvgIpc) is 2.69. The first-order chi connectivity index (χ1) is 13.7. The number of hydrogen-bond acceptors (Lipinski definition) is 5. The largest absolute Gasteiger partial charge is 0.497 e. The van der Waals surface area contributed by atoms with Gasteiger partial charge in [0.05, 0.1) is 7.11 Å². The van der Waals surface area contributed by atoms with Crippen LogP contribution in [0.2, 0.25) is 0 Å². The fraction of sp³-hybridized carbons (Fsp3) is 0.304. The van der Waals surface area contributed by atoms with Crippen molar-refractivity contribution in [1.82, 2.24) is 0 Å². The maximum absolute atomic E-state index is 10.9. The van der Waals surface area contributed by atoms with Gasteiger partial charge in [0, 0.05) is 5.56 Å². The summed E-state index contributed by atoms with van der Waals surface area (Å²) in [4.78, 5) is 10.9. The molecular formula is C23H25NO5. The minimum Gasteiger partial charge on any atom is -0.497 e. The van der Waals surface area contributed by atoms with Crippen molar-refractivity contribution in [3.63, 3.8) is 0 Å². The minimum atomic E-state index is -1.25. The van der Waals surface area contributed by atoms with Gasteiger partial charge in [0.15, 0.2) is 0 Å². The lowest BCUT2D eigenvalue weighted by atomic mass is 9.86. The van der Waals surface area contributed by atoms with Crippen molar-refractivity contribution < 1.29 is 24.1 Å². The molecule has 0 aliphatic rings. The van der Waals surface area contributed by atoms with Gasteiger partial charge >= 0.3 is 5.97 Å². The van der Waals surface area contributed by atoms with Crippen LogP contribution in [0.25, 0.3) is 6.08 Å². The molecule has 0 aromatic heterocycles. The number of carboxylic acid groups (broad SMARTS) is 1. The van der Waals surface area contributed by atoms with Gasteiger partial charge in [0.1, 0.15) is 42.1 Å². The molecule has 2 rings (SSSR count). The SMILES string of the molecule is COc1ccc(OCCOc2ccc(C=C(C#N)C(=O)O)cc2)c(C(C)(C)C)c1. The molecule has 152 valence electrons. The summed E-state index contributed by atoms with van der Waals surface area (Å²) in [5.41, 5.74) is 1.26. The topological polar surface area (TPSA) is 88.8 Å². The van der Waals surface area contributed by atoms with Crippen molar-refractivity contribution in [2.45, 2.75) is 26.2 Å². The highest BCUT2D eigenvalue weighted by Crippen LogP contribution is 2.34. The Labute approximate surface area is 171 Å². The number of nitriles is 1. The molecule has 0 bridgehead atoms. The summed E-state index contributed by atoms with van der Waals surface area (Å²) >= 11 is 0. The number of ether oxygens (including phenoxy) is 3. The lowest BCUT2D eigenvalue weighted by molar-refractivity contribution is -0.132. The first kappa shape index (κ1) is 21.8. The van der Waals surface area contributed by atoms with Gasteiger partial charge in [-0.05, 0) is 47.4 Å². The van der Waals surface area contributed by atoms with E-state index in [1.807, 2.05) is 18.2 Å². The first-order valence-electron chi connectivity index (χ1n) is 9.14. The molecule has 29 heavy (non-hydrogen) atoms. The third kappa shape index (κ3) is 6.28. The number of nitrogens with zero attached hydrogens (tertiary/aromatic N) is 1. The molecule has 0 aliphatic carbocycles. The zero-order valence-electron chi connectivity index (χ0n) is 17.1. The second kappa shape index (κ2) is 9.65. The molecule has 2 aromatic rings. The van der Waals surface area contributed by atoms with Crippen LogP contribution in [0.4, 0.5) is 0 Å². The predicted molar refractivity (Wildman–Crippen MR) is 110 cm³/mol. The highest BCUT2D eigenvalue weighted by molar-refractivity contribution is 5.96. The van der Waals surface area contributed by atoms with E-state index in [9.17, 15) is 4.79 Å². The molecule has 0 atom stereocenters. The summed E-state index contributed by atoms with van der Waals surface area (Å²) in [6.45, 7) is 7.06. The number of hydrogen-bond donors (Lipinski definition) is 1. The Balaban J connectivity index is 1.95. The van der Waals surface area contributed by atoms with Crippen molar-refractivity contribution in [3.05, 3.63) is 59.2 Å². The van der Waals surface area contributed by atoms with Crippen molar-refractivity contribution in [2.24, 2.45) is 0 Å². The Bertz CT molecular complexity index is 918. The summed E-state index contributed by atoms with van der Waals surface area (Å²) in [6, 6.07) is 14.2. The normalized spacial score (nSPS) is 11.5. The van der Waals surface area contributed by atoms with Crippen LogP contribution >= 0.6 is 0 Å². The lowest BCUT2D eigenvalue weighted by Gasteiger charge is -2.23. The number of carbonyl (C=O) groups is 1. The highest BCUT2D eigenvalue weighted by atomic mass is 16.5. The van der Waals surface area contributed by atoms with Crippen molar-refractivity contribution in [2.75, 3.05) is 20.3 Å². The van der Waals surface area contributed by atoms with E-state index in [0.717, 1.165) is 17.1 Å². The molecular weight excluding hydrogens is 370 g/mol. The molecule has 0 aliphatic heterocycles. The summed E-state index contributed by atoms with van der Waals surface area (Å²) < 4.78 is 16.9. The summed E-state index contributed by atoms with van der Waals surface area (Å²) in [5.74, 6) is 0.957. The van der Waals surface area contributed by atoms with E-state index in [2.05, 4.69) is 20.8 Å². The van der Waals surface area contributed by atoms with Crippen LogP contribution in [0.5, 0.6) is 17.2 Å². The average molecular weight is 395 g/mol. The lowest BCUT2D eigenvalue weighted by Crippen LogP contribution is -2.16. The third-order valence-corrected chi connectivity index (χ3v) is 4.15. The van der Waals surface area contributed by atoms with Crippen LogP contribution < -0.4 is 14.2 Å². The van der Waals surface area contributed by atoms with E-state index < -0.39 is 5.97 Å². The zero-order chi connectivity index (χ0) is 21.4. The van der Waals surface area contributed by atoms with E-state index >= 15 is 0 Å². The van der Waals surface area contributed by atoms with E-state index in [-0.39, 0.29) is 11.0 Å². The van der Waals surface area contributed by atoms with E-state index in [4.69, 9.17) is 24.6 Å². The Morgan fingerprint density at radius 1 is 1.07 bits per heavy atom. The standard InChI is InChI=1S/C23H25NO5/c1-23(2,3)20-14-19(27-4)9-10-21(20)29-12-11-28-18-7-5-16(6-8-18)13-17(15-24)22(25)26/h5-10,13-14H,11-12H2,1-4H3,(H,25,26). The summed E-state index contributed by atoms with van der Waals surface area (Å²) in [6.07, 6.45) is 1.31. The Morgan fingerprint density at radius 2 is 1.69 bits per heavy atom. The number of benzene rings is 2. The smallest absolute Gasteiger partial charge is 0.346 e. The maximum atomic E-state index is 10.9. The van der Waals surface area contributed by atoms with Gasteiger partial charge < -0.3 is 19.3 Å². The maximum Gasteiger partial charge on any atom is 0.346 e. The Hall–Kier alpha value is -3.46. The summed E-state index contributed by atoms with van der Waals surface area (Å²) in [5, 5.41) is 17.7. The number of aliphatic carboxylic acids is 1. The van der Waals surface area contributed by atoms with Gasteiger partial charge in [-0.15, -0.1) is 0 Å². The molecule has 0 radical (unpaired) electrons. The van der Waals surface area contributed by atoms with Crippen LogP contribution in [-0.2, 0) is 10.2 Å². The third-order valence-electron chi connectivity index (χ3n) is 4.15. The van der Waals surface area contributed by atoms with Crippen LogP contribution in [0.1, 0.15) is 31.9 Å². The molecule has 0 amide bonds. The number of methoxy groups -OCH3 is 1. The Morgan fingerprint density at radius 3 is 2.24 bits per heavy atom. The van der Waals surface area contributed by atoms with Gasteiger partial charge in [0.25, 0.3) is 0 Å². The number of rotatable bonds is 8. The van der Waals surface area contributed by atoms with Gasteiger partial charge in [0.2, 0.25) is 0 Å². The Kier molecular flexibility index (Phi) is 7.27. The fourth-order valence-corrected chi connectivity index (χ4v) is 2.63. The van der Waals surface area contributed by atoms with E-state index in [1.165, 1.54) is 6.08 Å². The van der Waals surface area contributed by atoms with E-state index in [1.54, 1.807) is 37.4 Å². The summed E-state index contributed by atoms with van der Waals surface area (Å²) in [7, 11) is 1.64. The second-order valence-corrected chi connectivity index (χ2v) is 7.35. The first-order valence-corrected chi connectivity index (χ1v) is 9.14. The van der Waals surface area contributed by atoms with Crippen molar-refractivity contribution in [3.8, 4) is 23.3 Å². The predicted octanol–water partition coefficient (Wildman–Crippen LogP) is 4.44. The fourth-order valence-electron chi connectivity index (χ4n) is 2.63. The molecule has 1 N–H and O–H groups in total. The van der Waals surface area contributed by atoms with Gasteiger partial charge in [-0.3, -0.25) is 0 Å². The quantitative estimate of drug-likeness (QED) is 0.404. The molecule has 6 heteroatoms. The van der Waals surface area contributed by atoms with Crippen molar-refractivity contribution >= 4 is 12.0 Å². The molecule has 0 heterocycles. The van der Waals surface area contributed by atoms with Crippen LogP contribution in [0.15, 0.2) is 48.0 Å². The monoisotopic (exact) mass is 395 g/mol. The minimum absolute atomic E-state index is 0.0910. The molecule has 2 aromatic carbocycles. The highest BCUT2D eigenvalue weighted by Gasteiger charge is 2.20. The van der Waals surface area contributed by atoms with E-state index in [0.29, 0.717) is 24.5 Å². The van der Waals surface area contributed by atoms with Crippen molar-refractivity contribution in [1.29, 1.82) is 5.26 Å². The molecule has 0 spiro atoms. The van der Waals surface area contributed by atoms with Crippen LogP contribution in [0, 0.1) is 11.3 Å². The second-order valence-electron chi connectivity index (χ2n) is 7.35. The van der Waals surface area contributed by atoms with Gasteiger partial charge in [-0.2, -0.15) is 5.26 Å².